The van der Waals surface area contributed by atoms with E-state index in [1.165, 1.54) is 7.11 Å². The zero-order valence-electron chi connectivity index (χ0n) is 15.5. The Balaban J connectivity index is 0.00000364. The molecule has 154 valence electrons. The van der Waals surface area contributed by atoms with Gasteiger partial charge in [0, 0.05) is 12.6 Å². The van der Waals surface area contributed by atoms with Crippen LogP contribution in [0, 0.1) is 5.92 Å². The van der Waals surface area contributed by atoms with Crippen molar-refractivity contribution in [3.63, 3.8) is 0 Å². The first kappa shape index (κ1) is 23.6. The summed E-state index contributed by atoms with van der Waals surface area (Å²) in [7, 11) is 1.47. The predicted molar refractivity (Wildman–Crippen MR) is 110 cm³/mol. The molecule has 0 heterocycles. The lowest BCUT2D eigenvalue weighted by molar-refractivity contribution is -0.183. The highest BCUT2D eigenvalue weighted by molar-refractivity contribution is 14.0. The first-order chi connectivity index (χ1) is 12.3. The Morgan fingerprint density at radius 3 is 2.67 bits per heavy atom. The van der Waals surface area contributed by atoms with Crippen molar-refractivity contribution >= 4 is 29.9 Å². The Labute approximate surface area is 174 Å². The van der Waals surface area contributed by atoms with E-state index < -0.39 is 12.1 Å². The van der Waals surface area contributed by atoms with Crippen LogP contribution in [0.25, 0.3) is 0 Å². The van der Waals surface area contributed by atoms with Crippen molar-refractivity contribution < 1.29 is 23.0 Å². The smallest absolute Gasteiger partial charge is 0.391 e. The minimum Gasteiger partial charge on any atom is -0.504 e. The lowest BCUT2D eigenvalue weighted by atomic mass is 9.85. The summed E-state index contributed by atoms with van der Waals surface area (Å²) in [6.45, 7) is 2.80. The zero-order valence-corrected chi connectivity index (χ0v) is 17.8. The minimum absolute atomic E-state index is 0. The number of nitrogens with one attached hydrogen (secondary N) is 2. The van der Waals surface area contributed by atoms with Gasteiger partial charge in [-0.25, -0.2) is 4.99 Å². The van der Waals surface area contributed by atoms with Crippen LogP contribution in [0.3, 0.4) is 0 Å². The lowest BCUT2D eigenvalue weighted by Crippen LogP contribution is -2.46. The van der Waals surface area contributed by atoms with Crippen LogP contribution in [0.15, 0.2) is 23.2 Å². The first-order valence-electron chi connectivity index (χ1n) is 8.81. The van der Waals surface area contributed by atoms with Crippen LogP contribution in [0.5, 0.6) is 11.5 Å². The molecular weight excluding hydrogens is 474 g/mol. The summed E-state index contributed by atoms with van der Waals surface area (Å²) in [4.78, 5) is 4.42. The molecule has 1 aromatic carbocycles. The number of benzene rings is 1. The molecule has 1 fully saturated rings. The predicted octanol–water partition coefficient (Wildman–Crippen LogP) is 4.20. The number of phenols is 1. The van der Waals surface area contributed by atoms with Gasteiger partial charge in [0.1, 0.15) is 0 Å². The summed E-state index contributed by atoms with van der Waals surface area (Å²) in [5.74, 6) is -0.368. The highest BCUT2D eigenvalue weighted by Gasteiger charge is 2.42. The summed E-state index contributed by atoms with van der Waals surface area (Å²) in [5.41, 5.74) is 0.775. The minimum atomic E-state index is -4.14. The van der Waals surface area contributed by atoms with Gasteiger partial charge in [0.25, 0.3) is 0 Å². The fourth-order valence-corrected chi connectivity index (χ4v) is 3.14. The molecule has 0 radical (unpaired) electrons. The van der Waals surface area contributed by atoms with Gasteiger partial charge >= 0.3 is 6.18 Å². The number of ether oxygens (including phenoxy) is 1. The monoisotopic (exact) mass is 501 g/mol. The molecule has 1 saturated carbocycles. The van der Waals surface area contributed by atoms with Crippen LogP contribution in [0.2, 0.25) is 0 Å². The van der Waals surface area contributed by atoms with Gasteiger partial charge in [0.15, 0.2) is 17.5 Å². The molecule has 0 aromatic heterocycles. The second-order valence-corrected chi connectivity index (χ2v) is 6.45. The number of alkyl halides is 3. The summed E-state index contributed by atoms with van der Waals surface area (Å²) in [6.07, 6.45) is -2.64. The maximum atomic E-state index is 13.0. The Morgan fingerprint density at radius 1 is 1.33 bits per heavy atom. The Morgan fingerprint density at radius 2 is 2.07 bits per heavy atom. The number of phenolic OH excluding ortho intramolecular Hbond substituents is 1. The Kier molecular flexibility index (Phi) is 9.48. The lowest BCUT2D eigenvalue weighted by Gasteiger charge is -2.31. The van der Waals surface area contributed by atoms with Gasteiger partial charge in [0.05, 0.1) is 19.6 Å². The number of aromatic hydroxyl groups is 1. The highest BCUT2D eigenvalue weighted by atomic mass is 127. The third-order valence-electron chi connectivity index (χ3n) is 4.49. The quantitative estimate of drug-likeness (QED) is 0.322. The van der Waals surface area contributed by atoms with Crippen LogP contribution in [0.4, 0.5) is 13.2 Å². The highest BCUT2D eigenvalue weighted by Crippen LogP contribution is 2.37. The molecule has 0 bridgehead atoms. The maximum absolute atomic E-state index is 13.0. The summed E-state index contributed by atoms with van der Waals surface area (Å²) < 4.78 is 43.9. The van der Waals surface area contributed by atoms with Crippen LogP contribution >= 0.6 is 24.0 Å². The number of methoxy groups -OCH3 is 1. The molecule has 0 spiro atoms. The van der Waals surface area contributed by atoms with Gasteiger partial charge < -0.3 is 20.5 Å². The second kappa shape index (κ2) is 10.8. The Hall–Kier alpha value is -1.39. The molecule has 2 rings (SSSR count). The van der Waals surface area contributed by atoms with Gasteiger partial charge in [-0.15, -0.1) is 24.0 Å². The molecule has 27 heavy (non-hydrogen) atoms. The van der Waals surface area contributed by atoms with Crippen LogP contribution in [0.1, 0.15) is 38.2 Å². The van der Waals surface area contributed by atoms with E-state index in [-0.39, 0.29) is 48.6 Å². The van der Waals surface area contributed by atoms with Crippen LogP contribution in [-0.2, 0) is 6.54 Å². The molecular formula is C18H27F3IN3O2. The summed E-state index contributed by atoms with van der Waals surface area (Å²) >= 11 is 0. The van der Waals surface area contributed by atoms with Gasteiger partial charge in [-0.3, -0.25) is 0 Å². The molecule has 2 unspecified atom stereocenters. The van der Waals surface area contributed by atoms with E-state index in [0.717, 1.165) is 5.56 Å². The number of rotatable bonds is 5. The molecule has 1 aromatic rings. The van der Waals surface area contributed by atoms with Gasteiger partial charge in [-0.05, 0) is 43.9 Å². The van der Waals surface area contributed by atoms with E-state index in [9.17, 15) is 18.3 Å². The van der Waals surface area contributed by atoms with Crippen molar-refractivity contribution in [1.29, 1.82) is 0 Å². The maximum Gasteiger partial charge on any atom is 0.391 e. The molecule has 9 heteroatoms. The van der Waals surface area contributed by atoms with Crippen LogP contribution < -0.4 is 15.4 Å². The second-order valence-electron chi connectivity index (χ2n) is 6.45. The van der Waals surface area contributed by atoms with Crippen molar-refractivity contribution in [1.82, 2.24) is 10.6 Å². The van der Waals surface area contributed by atoms with Gasteiger partial charge in [0.2, 0.25) is 0 Å². The largest absolute Gasteiger partial charge is 0.504 e. The van der Waals surface area contributed by atoms with E-state index in [1.807, 2.05) is 6.92 Å². The number of halogens is 4. The summed E-state index contributed by atoms with van der Waals surface area (Å²) in [5, 5.41) is 16.0. The number of hydrogen-bond acceptors (Lipinski definition) is 3. The third-order valence-corrected chi connectivity index (χ3v) is 4.49. The summed E-state index contributed by atoms with van der Waals surface area (Å²) in [6, 6.07) is 4.74. The molecule has 0 saturated heterocycles. The van der Waals surface area contributed by atoms with Crippen molar-refractivity contribution in [3.05, 3.63) is 23.8 Å². The molecule has 0 amide bonds. The molecule has 5 nitrogen and oxygen atoms in total. The van der Waals surface area contributed by atoms with E-state index in [0.29, 0.717) is 37.6 Å². The number of hydrogen-bond donors (Lipinski definition) is 3. The average Bonchev–Trinajstić information content (AvgIpc) is 2.59. The van der Waals surface area contributed by atoms with Crippen LogP contribution in [-0.4, -0.2) is 36.9 Å². The fraction of sp³-hybridized carbons (Fsp3) is 0.611. The molecule has 1 aliphatic carbocycles. The molecule has 2 atom stereocenters. The van der Waals surface area contributed by atoms with Crippen molar-refractivity contribution in [2.75, 3.05) is 13.7 Å². The zero-order chi connectivity index (χ0) is 19.2. The number of aliphatic imine (C=N–C) groups is 1. The van der Waals surface area contributed by atoms with Crippen molar-refractivity contribution in [2.24, 2.45) is 10.9 Å². The number of guanidine groups is 1. The van der Waals surface area contributed by atoms with E-state index in [2.05, 4.69) is 15.6 Å². The third kappa shape index (κ3) is 7.27. The number of nitrogens with zero attached hydrogens (tertiary/aromatic N) is 1. The standard InChI is InChI=1S/C18H26F3N3O2.HI/c1-3-22-17(23-11-12-7-8-16(26-2)15(25)9-12)24-14-6-4-5-13(10-14)18(19,20)21;/h7-9,13-14,25H,3-6,10-11H2,1-2H3,(H2,22,23,24);1H. The molecule has 0 aliphatic heterocycles. The average molecular weight is 501 g/mol. The molecule has 1 aliphatic rings. The van der Waals surface area contributed by atoms with E-state index >= 15 is 0 Å². The SMILES string of the molecule is CCNC(=NCc1ccc(OC)c(O)c1)NC1CCCC(C(F)(F)F)C1.I. The van der Waals surface area contributed by atoms with E-state index in [4.69, 9.17) is 4.74 Å². The topological polar surface area (TPSA) is 65.9 Å². The van der Waals surface area contributed by atoms with Gasteiger partial charge in [-0.1, -0.05) is 12.5 Å². The first-order valence-corrected chi connectivity index (χ1v) is 8.81. The normalized spacial score (nSPS) is 20.6. The molecule has 3 N–H and O–H groups in total. The van der Waals surface area contributed by atoms with Crippen molar-refractivity contribution in [2.45, 2.75) is 51.4 Å². The fourth-order valence-electron chi connectivity index (χ4n) is 3.14. The Bertz CT molecular complexity index is 626. The van der Waals surface area contributed by atoms with Gasteiger partial charge in [-0.2, -0.15) is 13.2 Å². The van der Waals surface area contributed by atoms with Crippen molar-refractivity contribution in [3.8, 4) is 11.5 Å². The van der Waals surface area contributed by atoms with E-state index in [1.54, 1.807) is 18.2 Å².